The zero-order valence-corrected chi connectivity index (χ0v) is 25.7. The van der Waals surface area contributed by atoms with Crippen LogP contribution in [0.4, 0.5) is 0 Å². The molecule has 3 saturated heterocycles. The van der Waals surface area contributed by atoms with E-state index in [1.807, 2.05) is 36.4 Å². The fraction of sp³-hybridized carbons (Fsp3) is 0.588. The molecule has 0 aromatic heterocycles. The number of nitrogens with one attached hydrogen (secondary N) is 1. The molecule has 0 spiro atoms. The molecule has 2 aromatic carbocycles. The topological polar surface area (TPSA) is 101 Å². The van der Waals surface area contributed by atoms with Gasteiger partial charge >= 0.3 is 5.97 Å². The van der Waals surface area contributed by atoms with Crippen LogP contribution in [0.2, 0.25) is 0 Å². The molecule has 3 aliphatic rings. The molecular weight excluding hydrogens is 546 g/mol. The van der Waals surface area contributed by atoms with Gasteiger partial charge in [0.05, 0.1) is 18.8 Å². The molecule has 9 nitrogen and oxygen atoms in total. The first-order valence-corrected chi connectivity index (χ1v) is 15.8. The van der Waals surface area contributed by atoms with Crippen molar-refractivity contribution in [3.63, 3.8) is 0 Å². The zero-order chi connectivity index (χ0) is 30.3. The van der Waals surface area contributed by atoms with E-state index in [0.717, 1.165) is 41.9 Å². The number of nitrogens with zero attached hydrogens (tertiary/aromatic N) is 2. The second-order valence-corrected chi connectivity index (χ2v) is 12.3. The lowest BCUT2D eigenvalue weighted by Gasteiger charge is -2.43. The van der Waals surface area contributed by atoms with E-state index < -0.39 is 18.4 Å². The molecule has 3 fully saturated rings. The minimum Gasteiger partial charge on any atom is -0.453 e. The highest BCUT2D eigenvalue weighted by molar-refractivity contribution is 5.82. The van der Waals surface area contributed by atoms with Crippen LogP contribution in [-0.2, 0) is 37.0 Å². The highest BCUT2D eigenvalue weighted by atomic mass is 16.7. The zero-order valence-electron chi connectivity index (χ0n) is 25.7. The number of aliphatic hydroxyl groups is 1. The lowest BCUT2D eigenvalue weighted by molar-refractivity contribution is -0.276. The molecule has 5 rings (SSSR count). The Morgan fingerprint density at radius 2 is 1.63 bits per heavy atom. The number of esters is 1. The highest BCUT2D eigenvalue weighted by Crippen LogP contribution is 2.42. The van der Waals surface area contributed by atoms with Gasteiger partial charge in [-0.15, -0.1) is 0 Å². The smallest absolute Gasteiger partial charge is 0.303 e. The summed E-state index contributed by atoms with van der Waals surface area (Å²) in [5.74, 6) is -0.686. The van der Waals surface area contributed by atoms with Crippen molar-refractivity contribution in [2.24, 2.45) is 5.92 Å². The van der Waals surface area contributed by atoms with Gasteiger partial charge in [-0.25, -0.2) is 0 Å². The fourth-order valence-corrected chi connectivity index (χ4v) is 6.59. The Kier molecular flexibility index (Phi) is 10.9. The summed E-state index contributed by atoms with van der Waals surface area (Å²) in [5, 5.41) is 12.4. The molecule has 0 aliphatic carbocycles. The van der Waals surface area contributed by atoms with Crippen molar-refractivity contribution in [1.29, 1.82) is 0 Å². The number of hydrogen-bond donors (Lipinski definition) is 2. The van der Waals surface area contributed by atoms with Crippen molar-refractivity contribution in [2.45, 2.75) is 90.2 Å². The number of hydrogen-bond acceptors (Lipinski definition) is 8. The van der Waals surface area contributed by atoms with Crippen molar-refractivity contribution >= 4 is 11.9 Å². The number of carbonyl (C=O) groups excluding carboxylic acids is 2. The van der Waals surface area contributed by atoms with Gasteiger partial charge < -0.3 is 29.5 Å². The molecule has 3 heterocycles. The summed E-state index contributed by atoms with van der Waals surface area (Å²) in [5.41, 5.74) is 3.81. The Morgan fingerprint density at radius 1 is 0.953 bits per heavy atom. The van der Waals surface area contributed by atoms with Gasteiger partial charge in [0.1, 0.15) is 0 Å². The van der Waals surface area contributed by atoms with Crippen molar-refractivity contribution < 1.29 is 28.9 Å². The second kappa shape index (κ2) is 14.8. The van der Waals surface area contributed by atoms with Crippen molar-refractivity contribution in [2.75, 3.05) is 32.7 Å². The first kappa shape index (κ1) is 31.6. The molecule has 234 valence electrons. The average molecular weight is 594 g/mol. The number of likely N-dealkylation sites (tertiary alicyclic amines) is 2. The van der Waals surface area contributed by atoms with Crippen molar-refractivity contribution in [3.05, 3.63) is 70.8 Å². The Balaban J connectivity index is 1.29. The maximum Gasteiger partial charge on any atom is 0.303 e. The molecule has 6 atom stereocenters. The number of benzene rings is 2. The molecule has 2 aromatic rings. The van der Waals surface area contributed by atoms with E-state index in [2.05, 4.69) is 34.2 Å². The van der Waals surface area contributed by atoms with Crippen LogP contribution in [0, 0.1) is 5.92 Å². The lowest BCUT2D eigenvalue weighted by Crippen LogP contribution is -2.48. The molecule has 43 heavy (non-hydrogen) atoms. The largest absolute Gasteiger partial charge is 0.453 e. The van der Waals surface area contributed by atoms with Crippen LogP contribution in [0.15, 0.2) is 48.5 Å². The fourth-order valence-electron chi connectivity index (χ4n) is 6.59. The summed E-state index contributed by atoms with van der Waals surface area (Å²) >= 11 is 0. The van der Waals surface area contributed by atoms with Crippen LogP contribution in [-0.4, -0.2) is 77.8 Å². The Labute approximate surface area is 255 Å². The summed E-state index contributed by atoms with van der Waals surface area (Å²) in [6.45, 7) is 10.9. The van der Waals surface area contributed by atoms with Crippen LogP contribution in [0.1, 0.15) is 81.1 Å². The minimum absolute atomic E-state index is 0.0119. The molecule has 3 aliphatic heterocycles. The average Bonchev–Trinajstić information content (AvgIpc) is 3.69. The maximum absolute atomic E-state index is 12.3. The predicted molar refractivity (Wildman–Crippen MR) is 163 cm³/mol. The van der Waals surface area contributed by atoms with Crippen LogP contribution >= 0.6 is 0 Å². The summed E-state index contributed by atoms with van der Waals surface area (Å²) in [4.78, 5) is 28.7. The number of amides is 1. The number of ether oxygens (including phenoxy) is 3. The minimum atomic E-state index is -0.839. The number of rotatable bonds is 11. The summed E-state index contributed by atoms with van der Waals surface area (Å²) in [6.07, 6.45) is 3.54. The van der Waals surface area contributed by atoms with E-state index in [1.165, 1.54) is 45.7 Å². The van der Waals surface area contributed by atoms with Crippen LogP contribution < -0.4 is 5.32 Å². The first-order chi connectivity index (χ1) is 20.8. The summed E-state index contributed by atoms with van der Waals surface area (Å²) in [6, 6.07) is 16.5. The second-order valence-electron chi connectivity index (χ2n) is 12.3. The van der Waals surface area contributed by atoms with Gasteiger partial charge in [0.2, 0.25) is 0 Å². The van der Waals surface area contributed by atoms with Crippen molar-refractivity contribution in [3.8, 4) is 0 Å². The third kappa shape index (κ3) is 8.22. The van der Waals surface area contributed by atoms with Crippen LogP contribution in [0.5, 0.6) is 0 Å². The van der Waals surface area contributed by atoms with Gasteiger partial charge in [0.15, 0.2) is 12.4 Å². The molecule has 0 bridgehead atoms. The van der Waals surface area contributed by atoms with E-state index in [1.54, 1.807) is 6.92 Å². The standard InChI is InChI=1S/C34H47N3O6/c1-23-31(21-37-18-6-7-30(37)20-36-16-4-5-17-36)42-34(43-32(23)28-12-10-27(22-38)11-13-28)29-14-8-26(9-15-29)19-35-33(40)24(2)41-25(3)39/h8-15,23-24,30-32,34,38H,4-7,16-22H2,1-3H3,(H,35,40)/t23-,24+,30+,31+,32+,34+/m1/s1. The van der Waals surface area contributed by atoms with Gasteiger partial charge in [0.25, 0.3) is 5.91 Å². The van der Waals surface area contributed by atoms with Crippen molar-refractivity contribution in [1.82, 2.24) is 15.1 Å². The van der Waals surface area contributed by atoms with E-state index >= 15 is 0 Å². The molecule has 0 unspecified atom stereocenters. The predicted octanol–water partition coefficient (Wildman–Crippen LogP) is 4.10. The molecule has 0 saturated carbocycles. The maximum atomic E-state index is 12.3. The highest BCUT2D eigenvalue weighted by Gasteiger charge is 2.40. The molecule has 2 N–H and O–H groups in total. The van der Waals surface area contributed by atoms with Crippen LogP contribution in [0.25, 0.3) is 0 Å². The van der Waals surface area contributed by atoms with Gasteiger partial charge in [-0.3, -0.25) is 14.5 Å². The Hall–Kier alpha value is -2.82. The Morgan fingerprint density at radius 3 is 2.30 bits per heavy atom. The van der Waals surface area contributed by atoms with Crippen LogP contribution in [0.3, 0.4) is 0 Å². The number of carbonyl (C=O) groups is 2. The third-order valence-corrected chi connectivity index (χ3v) is 9.14. The van der Waals surface area contributed by atoms with E-state index in [9.17, 15) is 14.7 Å². The molecule has 1 amide bonds. The quantitative estimate of drug-likeness (QED) is 0.376. The van der Waals surface area contributed by atoms with E-state index in [-0.39, 0.29) is 30.6 Å². The summed E-state index contributed by atoms with van der Waals surface area (Å²) < 4.78 is 18.3. The lowest BCUT2D eigenvalue weighted by atomic mass is 9.90. The van der Waals surface area contributed by atoms with E-state index in [4.69, 9.17) is 14.2 Å². The monoisotopic (exact) mass is 593 g/mol. The molecule has 9 heteroatoms. The third-order valence-electron chi connectivity index (χ3n) is 9.14. The molecular formula is C34H47N3O6. The van der Waals surface area contributed by atoms with Gasteiger partial charge in [-0.05, 0) is 68.9 Å². The van der Waals surface area contributed by atoms with Gasteiger partial charge in [0, 0.05) is 44.1 Å². The van der Waals surface area contributed by atoms with Gasteiger partial charge in [-0.1, -0.05) is 55.5 Å². The normalized spacial score (nSPS) is 27.2. The Bertz CT molecular complexity index is 1200. The van der Waals surface area contributed by atoms with E-state index in [0.29, 0.717) is 12.6 Å². The first-order valence-electron chi connectivity index (χ1n) is 15.8. The SMILES string of the molecule is CC(=O)O[C@@H](C)C(=O)NCc1ccc([C@H]2O[C@@H](CN3CCC[C@H]3CN3CCCC3)[C@@H](C)[C@@H](c3ccc(CO)cc3)O2)cc1. The molecule has 0 radical (unpaired) electrons. The number of aliphatic hydroxyl groups excluding tert-OH is 1. The summed E-state index contributed by atoms with van der Waals surface area (Å²) in [7, 11) is 0. The van der Waals surface area contributed by atoms with Gasteiger partial charge in [-0.2, -0.15) is 0 Å².